The first kappa shape index (κ1) is 19.9. The Balaban J connectivity index is 1.75. The number of benzene rings is 3. The van der Waals surface area contributed by atoms with E-state index < -0.39 is 0 Å². The highest BCUT2D eigenvalue weighted by atomic mass is 35.5. The van der Waals surface area contributed by atoms with E-state index in [4.69, 9.17) is 11.6 Å². The van der Waals surface area contributed by atoms with Gasteiger partial charge in [-0.1, -0.05) is 73.0 Å². The summed E-state index contributed by atoms with van der Waals surface area (Å²) in [5, 5.41) is 5.98. The van der Waals surface area contributed by atoms with Crippen molar-refractivity contribution in [2.24, 2.45) is 0 Å². The van der Waals surface area contributed by atoms with Gasteiger partial charge in [0.15, 0.2) is 0 Å². The molecular formula is C25H27ClN2O. The lowest BCUT2D eigenvalue weighted by molar-refractivity contribution is 0.0767. The van der Waals surface area contributed by atoms with Gasteiger partial charge in [-0.3, -0.25) is 4.79 Å². The van der Waals surface area contributed by atoms with Crippen molar-refractivity contribution in [2.45, 2.75) is 37.3 Å². The maximum atomic E-state index is 13.5. The van der Waals surface area contributed by atoms with Crippen molar-refractivity contribution in [1.29, 1.82) is 0 Å². The van der Waals surface area contributed by atoms with Crippen LogP contribution in [0.25, 0.3) is 10.8 Å². The molecule has 29 heavy (non-hydrogen) atoms. The Kier molecular flexibility index (Phi) is 5.62. The summed E-state index contributed by atoms with van der Waals surface area (Å²) < 4.78 is 0. The van der Waals surface area contributed by atoms with Crippen LogP contribution < -0.4 is 5.32 Å². The molecule has 1 N–H and O–H groups in total. The molecule has 3 nitrogen and oxygen atoms in total. The summed E-state index contributed by atoms with van der Waals surface area (Å²) >= 11 is 6.15. The summed E-state index contributed by atoms with van der Waals surface area (Å²) in [4.78, 5) is 15.8. The van der Waals surface area contributed by atoms with Crippen molar-refractivity contribution in [2.75, 3.05) is 14.1 Å². The number of rotatable bonds is 5. The van der Waals surface area contributed by atoms with Crippen molar-refractivity contribution in [1.82, 2.24) is 10.2 Å². The molecule has 0 saturated heterocycles. The minimum atomic E-state index is -0.0785. The van der Waals surface area contributed by atoms with E-state index in [2.05, 4.69) is 36.4 Å². The van der Waals surface area contributed by atoms with Gasteiger partial charge in [0, 0.05) is 16.1 Å². The van der Waals surface area contributed by atoms with Crippen LogP contribution in [0.1, 0.15) is 47.6 Å². The van der Waals surface area contributed by atoms with Gasteiger partial charge in [-0.25, -0.2) is 0 Å². The molecule has 1 amide bonds. The molecule has 0 aromatic heterocycles. The first-order chi connectivity index (χ1) is 14.0. The highest BCUT2D eigenvalue weighted by Crippen LogP contribution is 2.43. The standard InChI is InChI=1S/C25H27ClN2O/c1-28(2)25(15-6-7-16-25)23(18-9-4-3-5-10-18)27-24(29)22-12-8-11-19-17-20(26)13-14-21(19)22/h3-5,8-14,17,23H,6-7,15-16H2,1-2H3,(H,27,29). The van der Waals surface area contributed by atoms with Crippen LogP contribution in [0.5, 0.6) is 0 Å². The Labute approximate surface area is 177 Å². The van der Waals surface area contributed by atoms with E-state index in [0.717, 1.165) is 29.2 Å². The second-order valence-corrected chi connectivity index (χ2v) is 8.63. The minimum absolute atomic E-state index is 0.0418. The third-order valence-electron chi connectivity index (χ3n) is 6.39. The number of likely N-dealkylation sites (N-methyl/N-ethyl adjacent to an activating group) is 1. The van der Waals surface area contributed by atoms with E-state index >= 15 is 0 Å². The summed E-state index contributed by atoms with van der Waals surface area (Å²) in [7, 11) is 4.26. The fourth-order valence-electron chi connectivity index (χ4n) is 4.82. The summed E-state index contributed by atoms with van der Waals surface area (Å²) in [6.07, 6.45) is 4.52. The Morgan fingerprint density at radius 1 is 1.00 bits per heavy atom. The Hall–Kier alpha value is -2.36. The number of halogens is 1. The predicted octanol–water partition coefficient (Wildman–Crippen LogP) is 5.84. The maximum absolute atomic E-state index is 13.5. The molecule has 0 aliphatic heterocycles. The molecule has 1 fully saturated rings. The fourth-order valence-corrected chi connectivity index (χ4v) is 5.00. The number of amides is 1. The van der Waals surface area contributed by atoms with Gasteiger partial charge < -0.3 is 10.2 Å². The molecule has 1 unspecified atom stereocenters. The number of fused-ring (bicyclic) bond motifs is 1. The lowest BCUT2D eigenvalue weighted by Crippen LogP contribution is -2.53. The van der Waals surface area contributed by atoms with Gasteiger partial charge in [-0.2, -0.15) is 0 Å². The number of hydrogen-bond donors (Lipinski definition) is 1. The summed E-state index contributed by atoms with van der Waals surface area (Å²) in [5.74, 6) is -0.0418. The third kappa shape index (κ3) is 3.77. The topological polar surface area (TPSA) is 32.3 Å². The second kappa shape index (κ2) is 8.17. The van der Waals surface area contributed by atoms with Crippen molar-refractivity contribution >= 4 is 28.3 Å². The van der Waals surface area contributed by atoms with Gasteiger partial charge in [0.25, 0.3) is 5.91 Å². The van der Waals surface area contributed by atoms with Crippen molar-refractivity contribution < 1.29 is 4.79 Å². The van der Waals surface area contributed by atoms with Gasteiger partial charge >= 0.3 is 0 Å². The van der Waals surface area contributed by atoms with E-state index in [0.29, 0.717) is 10.6 Å². The molecule has 4 rings (SSSR count). The molecule has 0 spiro atoms. The first-order valence-electron chi connectivity index (χ1n) is 10.2. The highest BCUT2D eigenvalue weighted by molar-refractivity contribution is 6.31. The number of hydrogen-bond acceptors (Lipinski definition) is 2. The van der Waals surface area contributed by atoms with Crippen LogP contribution in [-0.4, -0.2) is 30.4 Å². The number of carbonyl (C=O) groups is 1. The predicted molar refractivity (Wildman–Crippen MR) is 120 cm³/mol. The van der Waals surface area contributed by atoms with E-state index in [1.807, 2.05) is 54.6 Å². The van der Waals surface area contributed by atoms with Crippen LogP contribution in [0, 0.1) is 0 Å². The largest absolute Gasteiger partial charge is 0.343 e. The molecule has 3 aromatic rings. The van der Waals surface area contributed by atoms with Crippen LogP contribution in [0.3, 0.4) is 0 Å². The van der Waals surface area contributed by atoms with Crippen LogP contribution in [0.4, 0.5) is 0 Å². The van der Waals surface area contributed by atoms with Crippen molar-refractivity contribution in [3.05, 3.63) is 82.9 Å². The smallest absolute Gasteiger partial charge is 0.252 e. The van der Waals surface area contributed by atoms with Gasteiger partial charge in [0.05, 0.1) is 6.04 Å². The molecule has 0 heterocycles. The van der Waals surface area contributed by atoms with Crippen molar-refractivity contribution in [3.8, 4) is 0 Å². The Bertz CT molecular complexity index is 1010. The molecular weight excluding hydrogens is 380 g/mol. The third-order valence-corrected chi connectivity index (χ3v) is 6.63. The second-order valence-electron chi connectivity index (χ2n) is 8.19. The maximum Gasteiger partial charge on any atom is 0.252 e. The van der Waals surface area contributed by atoms with Gasteiger partial charge in [0.1, 0.15) is 0 Å². The van der Waals surface area contributed by atoms with Gasteiger partial charge in [-0.05, 0) is 61.5 Å². The quantitative estimate of drug-likeness (QED) is 0.577. The average molecular weight is 407 g/mol. The van der Waals surface area contributed by atoms with E-state index in [9.17, 15) is 4.79 Å². The summed E-state index contributed by atoms with van der Waals surface area (Å²) in [5.41, 5.74) is 1.76. The Morgan fingerprint density at radius 2 is 1.72 bits per heavy atom. The van der Waals surface area contributed by atoms with E-state index in [1.54, 1.807) is 0 Å². The average Bonchev–Trinajstić information content (AvgIpc) is 3.23. The molecule has 1 aliphatic carbocycles. The molecule has 1 aliphatic rings. The monoisotopic (exact) mass is 406 g/mol. The molecule has 1 atom stereocenters. The van der Waals surface area contributed by atoms with E-state index in [-0.39, 0.29) is 17.5 Å². The van der Waals surface area contributed by atoms with Crippen LogP contribution >= 0.6 is 11.6 Å². The molecule has 0 radical (unpaired) electrons. The minimum Gasteiger partial charge on any atom is -0.343 e. The van der Waals surface area contributed by atoms with E-state index in [1.165, 1.54) is 12.8 Å². The van der Waals surface area contributed by atoms with Crippen LogP contribution in [-0.2, 0) is 0 Å². The Morgan fingerprint density at radius 3 is 2.41 bits per heavy atom. The van der Waals surface area contributed by atoms with Crippen molar-refractivity contribution in [3.63, 3.8) is 0 Å². The van der Waals surface area contributed by atoms with Gasteiger partial charge in [0.2, 0.25) is 0 Å². The molecule has 4 heteroatoms. The normalized spacial score (nSPS) is 16.8. The molecule has 1 saturated carbocycles. The number of nitrogens with zero attached hydrogens (tertiary/aromatic N) is 1. The molecule has 0 bridgehead atoms. The summed E-state index contributed by atoms with van der Waals surface area (Å²) in [6.45, 7) is 0. The van der Waals surface area contributed by atoms with Gasteiger partial charge in [-0.15, -0.1) is 0 Å². The zero-order chi connectivity index (χ0) is 20.4. The van der Waals surface area contributed by atoms with Crippen LogP contribution in [0.15, 0.2) is 66.7 Å². The highest BCUT2D eigenvalue weighted by Gasteiger charge is 2.44. The molecule has 150 valence electrons. The fraction of sp³-hybridized carbons (Fsp3) is 0.320. The lowest BCUT2D eigenvalue weighted by atomic mass is 9.82. The van der Waals surface area contributed by atoms with Crippen LogP contribution in [0.2, 0.25) is 5.02 Å². The lowest BCUT2D eigenvalue weighted by Gasteiger charge is -2.44. The zero-order valence-corrected chi connectivity index (χ0v) is 17.7. The zero-order valence-electron chi connectivity index (χ0n) is 17.0. The first-order valence-corrected chi connectivity index (χ1v) is 10.6. The molecule has 3 aromatic carbocycles. The number of nitrogens with one attached hydrogen (secondary N) is 1. The number of carbonyl (C=O) groups excluding carboxylic acids is 1. The SMILES string of the molecule is CN(C)C1(C(NC(=O)c2cccc3cc(Cl)ccc23)c2ccccc2)CCCC1. The summed E-state index contributed by atoms with van der Waals surface area (Å²) in [6, 6.07) is 21.8.